The molecule has 1 heterocycles. The quantitative estimate of drug-likeness (QED) is 0.764. The standard InChI is InChI=1S/C17H15NO4S/c1-12-2-3-13(14-8-9-22-11-14)10-17(12)18-23(20,21)16-6-4-15(19)5-7-16/h2-11,18-19H,1H3. The van der Waals surface area contributed by atoms with Crippen molar-refractivity contribution in [2.24, 2.45) is 0 Å². The molecular formula is C17H15NO4S. The summed E-state index contributed by atoms with van der Waals surface area (Å²) in [6.45, 7) is 1.83. The van der Waals surface area contributed by atoms with E-state index in [1.165, 1.54) is 24.3 Å². The monoisotopic (exact) mass is 329 g/mol. The molecule has 0 fully saturated rings. The highest BCUT2D eigenvalue weighted by atomic mass is 32.2. The Balaban J connectivity index is 1.96. The van der Waals surface area contributed by atoms with Crippen molar-refractivity contribution in [1.82, 2.24) is 0 Å². The molecular weight excluding hydrogens is 314 g/mol. The molecule has 0 saturated carbocycles. The number of furan rings is 1. The van der Waals surface area contributed by atoms with E-state index >= 15 is 0 Å². The van der Waals surface area contributed by atoms with Gasteiger partial charge in [0, 0.05) is 5.56 Å². The molecule has 0 atom stereocenters. The number of hydrogen-bond donors (Lipinski definition) is 2. The van der Waals surface area contributed by atoms with E-state index in [2.05, 4.69) is 4.72 Å². The third-order valence-corrected chi connectivity index (χ3v) is 4.86. The fraction of sp³-hybridized carbons (Fsp3) is 0.0588. The molecule has 0 aliphatic heterocycles. The zero-order valence-electron chi connectivity index (χ0n) is 12.4. The number of nitrogens with one attached hydrogen (secondary N) is 1. The second kappa shape index (κ2) is 5.81. The van der Waals surface area contributed by atoms with Crippen LogP contribution in [0.4, 0.5) is 5.69 Å². The molecule has 0 amide bonds. The minimum atomic E-state index is -3.72. The third kappa shape index (κ3) is 3.22. The van der Waals surface area contributed by atoms with Gasteiger partial charge in [0.15, 0.2) is 0 Å². The van der Waals surface area contributed by atoms with Crippen LogP contribution >= 0.6 is 0 Å². The van der Waals surface area contributed by atoms with Gasteiger partial charge in [-0.1, -0.05) is 12.1 Å². The highest BCUT2D eigenvalue weighted by molar-refractivity contribution is 7.92. The van der Waals surface area contributed by atoms with E-state index in [-0.39, 0.29) is 10.6 Å². The molecule has 0 bridgehead atoms. The van der Waals surface area contributed by atoms with Gasteiger partial charge >= 0.3 is 0 Å². The summed E-state index contributed by atoms with van der Waals surface area (Å²) in [6.07, 6.45) is 3.17. The van der Waals surface area contributed by atoms with Crippen LogP contribution in [-0.2, 0) is 10.0 Å². The first-order valence-electron chi connectivity index (χ1n) is 6.91. The number of phenolic OH excluding ortho intramolecular Hbond substituents is 1. The Morgan fingerprint density at radius 1 is 1.00 bits per heavy atom. The summed E-state index contributed by atoms with van der Waals surface area (Å²) in [5.41, 5.74) is 3.03. The molecule has 3 rings (SSSR count). The summed E-state index contributed by atoms with van der Waals surface area (Å²) in [5.74, 6) is 0.0158. The van der Waals surface area contributed by atoms with E-state index < -0.39 is 10.0 Å². The molecule has 0 saturated heterocycles. The maximum Gasteiger partial charge on any atom is 0.261 e. The van der Waals surface area contributed by atoms with Gasteiger partial charge in [0.2, 0.25) is 0 Å². The largest absolute Gasteiger partial charge is 0.508 e. The van der Waals surface area contributed by atoms with Crippen LogP contribution in [0.25, 0.3) is 11.1 Å². The normalized spacial score (nSPS) is 11.3. The van der Waals surface area contributed by atoms with E-state index in [1.807, 2.05) is 25.1 Å². The van der Waals surface area contributed by atoms with Gasteiger partial charge in [-0.15, -0.1) is 0 Å². The SMILES string of the molecule is Cc1ccc(-c2ccoc2)cc1NS(=O)(=O)c1ccc(O)cc1. The minimum Gasteiger partial charge on any atom is -0.508 e. The van der Waals surface area contributed by atoms with Crippen molar-refractivity contribution in [3.05, 3.63) is 66.6 Å². The second-order valence-electron chi connectivity index (χ2n) is 5.14. The molecule has 3 aromatic rings. The Labute approximate surface area is 134 Å². The Bertz CT molecular complexity index is 914. The number of anilines is 1. The maximum absolute atomic E-state index is 12.5. The fourth-order valence-electron chi connectivity index (χ4n) is 2.17. The van der Waals surface area contributed by atoms with Crippen LogP contribution in [0.2, 0.25) is 0 Å². The van der Waals surface area contributed by atoms with Crippen molar-refractivity contribution >= 4 is 15.7 Å². The lowest BCUT2D eigenvalue weighted by molar-refractivity contribution is 0.475. The number of rotatable bonds is 4. The molecule has 0 unspecified atom stereocenters. The van der Waals surface area contributed by atoms with Crippen molar-refractivity contribution in [2.75, 3.05) is 4.72 Å². The number of hydrogen-bond acceptors (Lipinski definition) is 4. The summed E-state index contributed by atoms with van der Waals surface area (Å²) < 4.78 is 32.5. The first-order valence-corrected chi connectivity index (χ1v) is 8.39. The van der Waals surface area contributed by atoms with Crippen molar-refractivity contribution in [3.8, 4) is 16.9 Å². The van der Waals surface area contributed by atoms with Gasteiger partial charge in [-0.2, -0.15) is 0 Å². The molecule has 6 heteroatoms. The fourth-order valence-corrected chi connectivity index (χ4v) is 3.29. The molecule has 118 valence electrons. The van der Waals surface area contributed by atoms with Gasteiger partial charge < -0.3 is 9.52 Å². The molecule has 0 aliphatic rings. The Hall–Kier alpha value is -2.73. The number of phenols is 1. The van der Waals surface area contributed by atoms with Crippen molar-refractivity contribution in [3.63, 3.8) is 0 Å². The number of aromatic hydroxyl groups is 1. The molecule has 2 aromatic carbocycles. The second-order valence-corrected chi connectivity index (χ2v) is 6.82. The van der Waals surface area contributed by atoms with Crippen molar-refractivity contribution in [1.29, 1.82) is 0 Å². The summed E-state index contributed by atoms with van der Waals surface area (Å²) >= 11 is 0. The van der Waals surface area contributed by atoms with Crippen molar-refractivity contribution in [2.45, 2.75) is 11.8 Å². The molecule has 23 heavy (non-hydrogen) atoms. The average Bonchev–Trinajstić information content (AvgIpc) is 3.04. The average molecular weight is 329 g/mol. The topological polar surface area (TPSA) is 79.5 Å². The van der Waals surface area contributed by atoms with Gasteiger partial charge in [0.05, 0.1) is 23.1 Å². The highest BCUT2D eigenvalue weighted by Crippen LogP contribution is 2.27. The smallest absolute Gasteiger partial charge is 0.261 e. The zero-order valence-corrected chi connectivity index (χ0v) is 13.2. The van der Waals surface area contributed by atoms with Crippen LogP contribution in [0, 0.1) is 6.92 Å². The number of benzene rings is 2. The lowest BCUT2D eigenvalue weighted by Crippen LogP contribution is -2.13. The van der Waals surface area contributed by atoms with Crippen LogP contribution in [0.1, 0.15) is 5.56 Å². The van der Waals surface area contributed by atoms with Crippen LogP contribution in [0.5, 0.6) is 5.75 Å². The van der Waals surface area contributed by atoms with E-state index in [4.69, 9.17) is 4.42 Å². The summed E-state index contributed by atoms with van der Waals surface area (Å²) in [4.78, 5) is 0.0865. The molecule has 0 aliphatic carbocycles. The predicted molar refractivity (Wildman–Crippen MR) is 87.8 cm³/mol. The Morgan fingerprint density at radius 2 is 1.74 bits per heavy atom. The summed E-state index contributed by atoms with van der Waals surface area (Å²) in [7, 11) is -3.72. The zero-order chi connectivity index (χ0) is 16.4. The third-order valence-electron chi connectivity index (χ3n) is 3.48. The van der Waals surface area contributed by atoms with E-state index in [0.29, 0.717) is 5.69 Å². The van der Waals surface area contributed by atoms with Crippen LogP contribution < -0.4 is 4.72 Å². The van der Waals surface area contributed by atoms with Gasteiger partial charge in [0.1, 0.15) is 5.75 Å². The predicted octanol–water partition coefficient (Wildman–Crippen LogP) is 3.76. The molecule has 5 nitrogen and oxygen atoms in total. The first-order chi connectivity index (χ1) is 11.0. The number of sulfonamides is 1. The first kappa shape index (κ1) is 15.2. The maximum atomic E-state index is 12.5. The Morgan fingerprint density at radius 3 is 2.39 bits per heavy atom. The molecule has 1 aromatic heterocycles. The van der Waals surface area contributed by atoms with Gasteiger partial charge in [0.25, 0.3) is 10.0 Å². The van der Waals surface area contributed by atoms with Crippen LogP contribution in [0.15, 0.2) is 70.4 Å². The minimum absolute atomic E-state index is 0.0158. The van der Waals surface area contributed by atoms with Crippen LogP contribution in [0.3, 0.4) is 0 Å². The molecule has 0 radical (unpaired) electrons. The van der Waals surface area contributed by atoms with Crippen molar-refractivity contribution < 1.29 is 17.9 Å². The van der Waals surface area contributed by atoms with E-state index in [0.717, 1.165) is 16.7 Å². The lowest BCUT2D eigenvalue weighted by Gasteiger charge is -2.12. The van der Waals surface area contributed by atoms with E-state index in [9.17, 15) is 13.5 Å². The Kier molecular flexibility index (Phi) is 3.83. The van der Waals surface area contributed by atoms with Crippen LogP contribution in [-0.4, -0.2) is 13.5 Å². The van der Waals surface area contributed by atoms with Gasteiger partial charge in [-0.05, 0) is 54.4 Å². The van der Waals surface area contributed by atoms with Gasteiger partial charge in [-0.3, -0.25) is 4.72 Å². The molecule has 2 N–H and O–H groups in total. The molecule has 0 spiro atoms. The van der Waals surface area contributed by atoms with E-state index in [1.54, 1.807) is 18.6 Å². The lowest BCUT2D eigenvalue weighted by atomic mass is 10.1. The summed E-state index contributed by atoms with van der Waals surface area (Å²) in [6, 6.07) is 12.7. The van der Waals surface area contributed by atoms with Gasteiger partial charge in [-0.25, -0.2) is 8.42 Å². The number of aryl methyl sites for hydroxylation is 1. The highest BCUT2D eigenvalue weighted by Gasteiger charge is 2.16. The summed E-state index contributed by atoms with van der Waals surface area (Å²) in [5, 5.41) is 9.27.